The molecular formula is C29H27N3O2S. The minimum atomic E-state index is -0.0652. The van der Waals surface area contributed by atoms with Crippen molar-refractivity contribution < 1.29 is 9.53 Å². The summed E-state index contributed by atoms with van der Waals surface area (Å²) in [4.78, 5) is 22.6. The van der Waals surface area contributed by atoms with Crippen molar-refractivity contribution in [2.45, 2.75) is 39.1 Å². The Balaban J connectivity index is 1.47. The number of ether oxygens (including phenoxy) is 1. The highest BCUT2D eigenvalue weighted by Crippen LogP contribution is 2.41. The summed E-state index contributed by atoms with van der Waals surface area (Å²) in [6, 6.07) is 20.3. The van der Waals surface area contributed by atoms with Gasteiger partial charge in [0, 0.05) is 17.7 Å². The number of aryl methyl sites for hydroxylation is 4. The topological polar surface area (TPSA) is 64.1 Å². The largest absolute Gasteiger partial charge is 0.438 e. The number of nitrogens with zero attached hydrogens (tertiary/aromatic N) is 2. The first-order chi connectivity index (χ1) is 16.9. The molecule has 176 valence electrons. The average molecular weight is 482 g/mol. The van der Waals surface area contributed by atoms with Crippen molar-refractivity contribution in [3.8, 4) is 23.0 Å². The quantitative estimate of drug-likeness (QED) is 0.221. The van der Waals surface area contributed by atoms with E-state index in [1.54, 1.807) is 0 Å². The SMILES string of the molecule is Cc1ccc(-c2nc3c(c(SCC(=O)Nc4c(C)cccc4C)n2)Cc2cccc(C)c2O3)cc1. The standard InChI is InChI=1S/C29H27N3O2S/c1-17-11-13-21(14-12-17)27-31-28-23(15-22-10-6-9-20(4)26(22)34-28)29(32-27)35-16-24(33)30-25-18(2)7-5-8-19(25)3/h5-14H,15-16H2,1-4H3,(H,30,33). The average Bonchev–Trinajstić information content (AvgIpc) is 2.84. The summed E-state index contributed by atoms with van der Waals surface area (Å²) in [5.41, 5.74) is 8.15. The Labute approximate surface area is 210 Å². The van der Waals surface area contributed by atoms with E-state index < -0.39 is 0 Å². The van der Waals surface area contributed by atoms with E-state index in [4.69, 9.17) is 14.7 Å². The summed E-state index contributed by atoms with van der Waals surface area (Å²) >= 11 is 1.42. The number of carbonyl (C=O) groups excluding carboxylic acids is 1. The second-order valence-corrected chi connectivity index (χ2v) is 9.91. The predicted molar refractivity (Wildman–Crippen MR) is 142 cm³/mol. The van der Waals surface area contributed by atoms with Crippen LogP contribution in [0.25, 0.3) is 11.4 Å². The smallest absolute Gasteiger partial charge is 0.234 e. The molecule has 4 aromatic rings. The fourth-order valence-electron chi connectivity index (χ4n) is 4.24. The lowest BCUT2D eigenvalue weighted by molar-refractivity contribution is -0.113. The van der Waals surface area contributed by atoms with Gasteiger partial charge in [-0.25, -0.2) is 4.98 Å². The number of carbonyl (C=O) groups is 1. The molecule has 0 fully saturated rings. The van der Waals surface area contributed by atoms with Gasteiger partial charge in [-0.15, -0.1) is 0 Å². The number of benzene rings is 3. The van der Waals surface area contributed by atoms with Crippen LogP contribution in [-0.2, 0) is 11.2 Å². The molecule has 5 nitrogen and oxygen atoms in total. The van der Waals surface area contributed by atoms with E-state index in [2.05, 4.69) is 18.3 Å². The summed E-state index contributed by atoms with van der Waals surface area (Å²) in [5.74, 6) is 2.20. The van der Waals surface area contributed by atoms with Crippen LogP contribution >= 0.6 is 11.8 Å². The molecule has 0 bridgehead atoms. The highest BCUT2D eigenvalue weighted by molar-refractivity contribution is 8.00. The zero-order valence-electron chi connectivity index (χ0n) is 20.3. The number of para-hydroxylation sites is 2. The fourth-order valence-corrected chi connectivity index (χ4v) is 5.06. The number of hydrogen-bond donors (Lipinski definition) is 1. The Hall–Kier alpha value is -3.64. The molecule has 1 aliphatic rings. The minimum Gasteiger partial charge on any atom is -0.438 e. The summed E-state index contributed by atoms with van der Waals surface area (Å²) < 4.78 is 6.30. The molecule has 35 heavy (non-hydrogen) atoms. The van der Waals surface area contributed by atoms with Gasteiger partial charge in [-0.05, 0) is 49.9 Å². The van der Waals surface area contributed by atoms with Crippen LogP contribution in [0, 0.1) is 27.7 Å². The number of thioether (sulfide) groups is 1. The summed E-state index contributed by atoms with van der Waals surface area (Å²) in [5, 5.41) is 3.84. The van der Waals surface area contributed by atoms with Gasteiger partial charge in [0.25, 0.3) is 0 Å². The van der Waals surface area contributed by atoms with E-state index in [0.29, 0.717) is 18.1 Å². The second kappa shape index (κ2) is 9.55. The van der Waals surface area contributed by atoms with Crippen molar-refractivity contribution in [1.29, 1.82) is 0 Å². The molecule has 2 heterocycles. The molecule has 0 saturated carbocycles. The van der Waals surface area contributed by atoms with Crippen LogP contribution in [0.5, 0.6) is 11.6 Å². The molecule has 0 unspecified atom stereocenters. The molecule has 1 amide bonds. The second-order valence-electron chi connectivity index (χ2n) is 8.95. The van der Waals surface area contributed by atoms with Crippen molar-refractivity contribution >= 4 is 23.4 Å². The van der Waals surface area contributed by atoms with Gasteiger partial charge in [0.15, 0.2) is 5.82 Å². The van der Waals surface area contributed by atoms with E-state index >= 15 is 0 Å². The number of fused-ring (bicyclic) bond motifs is 2. The number of anilines is 1. The van der Waals surface area contributed by atoms with Gasteiger partial charge in [-0.2, -0.15) is 4.98 Å². The van der Waals surface area contributed by atoms with Crippen molar-refractivity contribution in [3.05, 3.63) is 94.0 Å². The van der Waals surface area contributed by atoms with E-state index in [1.165, 1.54) is 17.3 Å². The van der Waals surface area contributed by atoms with Crippen LogP contribution in [0.1, 0.15) is 33.4 Å². The molecule has 3 aromatic carbocycles. The molecule has 0 atom stereocenters. The maximum absolute atomic E-state index is 12.9. The van der Waals surface area contributed by atoms with E-state index in [9.17, 15) is 4.79 Å². The molecule has 0 spiro atoms. The van der Waals surface area contributed by atoms with Crippen LogP contribution in [-0.4, -0.2) is 21.6 Å². The molecule has 5 rings (SSSR count). The molecule has 1 aliphatic heterocycles. The third-order valence-electron chi connectivity index (χ3n) is 6.19. The zero-order valence-corrected chi connectivity index (χ0v) is 21.1. The van der Waals surface area contributed by atoms with E-state index in [0.717, 1.165) is 49.8 Å². The van der Waals surface area contributed by atoms with Crippen molar-refractivity contribution in [1.82, 2.24) is 9.97 Å². The van der Waals surface area contributed by atoms with Crippen molar-refractivity contribution in [3.63, 3.8) is 0 Å². The van der Waals surface area contributed by atoms with Crippen LogP contribution in [0.3, 0.4) is 0 Å². The molecule has 0 saturated heterocycles. The van der Waals surface area contributed by atoms with Gasteiger partial charge >= 0.3 is 0 Å². The van der Waals surface area contributed by atoms with E-state index in [1.807, 2.05) is 75.4 Å². The highest BCUT2D eigenvalue weighted by Gasteiger charge is 2.25. The van der Waals surface area contributed by atoms with Crippen LogP contribution in [0.15, 0.2) is 65.7 Å². The molecule has 0 aliphatic carbocycles. The summed E-state index contributed by atoms with van der Waals surface area (Å²) in [6.45, 7) is 8.10. The maximum Gasteiger partial charge on any atom is 0.234 e. The van der Waals surface area contributed by atoms with Gasteiger partial charge in [0.2, 0.25) is 11.8 Å². The van der Waals surface area contributed by atoms with Gasteiger partial charge in [0.05, 0.1) is 11.3 Å². The Kier molecular flexibility index (Phi) is 6.31. The van der Waals surface area contributed by atoms with Crippen LogP contribution < -0.4 is 10.1 Å². The van der Waals surface area contributed by atoms with E-state index in [-0.39, 0.29) is 11.7 Å². The Morgan fingerprint density at radius 2 is 1.60 bits per heavy atom. The molecule has 0 radical (unpaired) electrons. The number of amides is 1. The minimum absolute atomic E-state index is 0.0652. The van der Waals surface area contributed by atoms with Gasteiger partial charge in [0.1, 0.15) is 10.8 Å². The number of aromatic nitrogens is 2. The third-order valence-corrected chi connectivity index (χ3v) is 7.20. The van der Waals surface area contributed by atoms with Crippen molar-refractivity contribution in [2.75, 3.05) is 11.1 Å². The first kappa shape index (κ1) is 23.1. The molecular weight excluding hydrogens is 454 g/mol. The summed E-state index contributed by atoms with van der Waals surface area (Å²) in [7, 11) is 0. The van der Waals surface area contributed by atoms with Crippen LogP contribution in [0.2, 0.25) is 0 Å². The first-order valence-electron chi connectivity index (χ1n) is 11.6. The monoisotopic (exact) mass is 481 g/mol. The zero-order chi connectivity index (χ0) is 24.5. The highest BCUT2D eigenvalue weighted by atomic mass is 32.2. The Bertz CT molecular complexity index is 1410. The first-order valence-corrected chi connectivity index (χ1v) is 12.6. The number of rotatable bonds is 5. The van der Waals surface area contributed by atoms with Crippen LogP contribution in [0.4, 0.5) is 5.69 Å². The fraction of sp³-hybridized carbons (Fsp3) is 0.207. The molecule has 1 N–H and O–H groups in total. The van der Waals surface area contributed by atoms with Gasteiger partial charge < -0.3 is 10.1 Å². The lowest BCUT2D eigenvalue weighted by Crippen LogP contribution is -2.16. The Morgan fingerprint density at radius 3 is 2.34 bits per heavy atom. The molecule has 6 heteroatoms. The van der Waals surface area contributed by atoms with Gasteiger partial charge in [-0.1, -0.05) is 78.0 Å². The summed E-state index contributed by atoms with van der Waals surface area (Å²) in [6.07, 6.45) is 0.668. The normalized spacial score (nSPS) is 11.9. The van der Waals surface area contributed by atoms with Gasteiger partial charge in [-0.3, -0.25) is 4.79 Å². The maximum atomic E-state index is 12.9. The van der Waals surface area contributed by atoms with Crippen molar-refractivity contribution in [2.24, 2.45) is 0 Å². The lowest BCUT2D eigenvalue weighted by Gasteiger charge is -2.23. The lowest BCUT2D eigenvalue weighted by atomic mass is 10.0. The molecule has 1 aromatic heterocycles. The number of nitrogens with one attached hydrogen (secondary N) is 1. The third kappa shape index (κ3) is 4.80. The predicted octanol–water partition coefficient (Wildman–Crippen LogP) is 6.80. The number of hydrogen-bond acceptors (Lipinski definition) is 5. The Morgan fingerprint density at radius 1 is 0.914 bits per heavy atom.